The van der Waals surface area contributed by atoms with E-state index in [0.29, 0.717) is 23.0 Å². The molecule has 0 fully saturated rings. The zero-order valence-corrected chi connectivity index (χ0v) is 17.7. The van der Waals surface area contributed by atoms with Gasteiger partial charge in [0.15, 0.2) is 0 Å². The summed E-state index contributed by atoms with van der Waals surface area (Å²) < 4.78 is 11.1. The van der Waals surface area contributed by atoms with Gasteiger partial charge in [-0.25, -0.2) is 9.78 Å². The third kappa shape index (κ3) is 3.43. The van der Waals surface area contributed by atoms with Crippen LogP contribution in [-0.2, 0) is 0 Å². The van der Waals surface area contributed by atoms with Crippen molar-refractivity contribution in [3.05, 3.63) is 89.7 Å². The van der Waals surface area contributed by atoms with Gasteiger partial charge in [-0.2, -0.15) is 0 Å². The van der Waals surface area contributed by atoms with Crippen LogP contribution in [0.15, 0.2) is 72.8 Å². The van der Waals surface area contributed by atoms with Crippen molar-refractivity contribution in [1.82, 2.24) is 20.6 Å². The van der Waals surface area contributed by atoms with Gasteiger partial charge in [-0.3, -0.25) is 0 Å². The second kappa shape index (κ2) is 8.11. The summed E-state index contributed by atoms with van der Waals surface area (Å²) >= 11 is 0. The minimum absolute atomic E-state index is 0.307. The highest BCUT2D eigenvalue weighted by Gasteiger charge is 2.33. The Bertz CT molecular complexity index is 1290. The molecule has 5 rings (SSSR count). The first-order valence-electron chi connectivity index (χ1n) is 10.2. The minimum Gasteiger partial charge on any atom is -0.497 e. The number of rotatable bonds is 5. The topological polar surface area (TPSA) is 88.3 Å². The summed E-state index contributed by atoms with van der Waals surface area (Å²) in [5, 5.41) is 6.04. The lowest BCUT2D eigenvalue weighted by Crippen LogP contribution is -2.43. The molecule has 7 heteroatoms. The molecule has 2 amide bonds. The van der Waals surface area contributed by atoms with Crippen LogP contribution in [0, 0.1) is 0 Å². The number of urea groups is 1. The SMILES string of the molecule is COc1ccc(OC)c([C@@H]2NC(=O)NC(c3ccccc3)=C2c2nc3ccccc3[nH]2)c1. The average molecular weight is 426 g/mol. The minimum atomic E-state index is -0.524. The number of amides is 2. The molecular weight excluding hydrogens is 404 g/mol. The number of ether oxygens (including phenoxy) is 2. The summed E-state index contributed by atoms with van der Waals surface area (Å²) in [5.41, 5.74) is 4.89. The molecule has 0 saturated heterocycles. The maximum absolute atomic E-state index is 12.8. The smallest absolute Gasteiger partial charge is 0.320 e. The maximum atomic E-state index is 12.8. The van der Waals surface area contributed by atoms with Crippen LogP contribution in [0.1, 0.15) is 23.0 Å². The molecule has 2 heterocycles. The van der Waals surface area contributed by atoms with Crippen molar-refractivity contribution in [2.45, 2.75) is 6.04 Å². The van der Waals surface area contributed by atoms with Gasteiger partial charge in [-0.15, -0.1) is 0 Å². The first-order chi connectivity index (χ1) is 15.7. The predicted octanol–water partition coefficient (Wildman–Crippen LogP) is 4.50. The number of methoxy groups -OCH3 is 2. The maximum Gasteiger partial charge on any atom is 0.320 e. The largest absolute Gasteiger partial charge is 0.497 e. The first kappa shape index (κ1) is 19.7. The number of aromatic amines is 1. The van der Waals surface area contributed by atoms with Gasteiger partial charge in [0, 0.05) is 11.1 Å². The molecule has 160 valence electrons. The molecular formula is C25H22N4O3. The monoisotopic (exact) mass is 426 g/mol. The Labute approximate surface area is 185 Å². The quantitative estimate of drug-likeness (QED) is 0.438. The number of imidazole rings is 1. The van der Waals surface area contributed by atoms with Gasteiger partial charge in [-0.1, -0.05) is 42.5 Å². The fourth-order valence-corrected chi connectivity index (χ4v) is 4.03. The summed E-state index contributed by atoms with van der Waals surface area (Å²) in [6.45, 7) is 0. The lowest BCUT2D eigenvalue weighted by atomic mass is 9.91. The number of aromatic nitrogens is 2. The number of nitrogens with zero attached hydrogens (tertiary/aromatic N) is 1. The van der Waals surface area contributed by atoms with E-state index in [1.54, 1.807) is 14.2 Å². The van der Waals surface area contributed by atoms with Gasteiger partial charge < -0.3 is 25.1 Å². The molecule has 1 aliphatic rings. The lowest BCUT2D eigenvalue weighted by Gasteiger charge is -2.30. The number of carbonyl (C=O) groups is 1. The zero-order valence-electron chi connectivity index (χ0n) is 17.7. The Balaban J connectivity index is 1.79. The third-order valence-electron chi connectivity index (χ3n) is 5.53. The van der Waals surface area contributed by atoms with Gasteiger partial charge in [-0.05, 0) is 35.9 Å². The van der Waals surface area contributed by atoms with Crippen molar-refractivity contribution in [2.24, 2.45) is 0 Å². The van der Waals surface area contributed by atoms with E-state index in [1.165, 1.54) is 0 Å². The molecule has 32 heavy (non-hydrogen) atoms. The summed E-state index contributed by atoms with van der Waals surface area (Å²) in [6.07, 6.45) is 0. The van der Waals surface area contributed by atoms with Crippen LogP contribution in [0.4, 0.5) is 4.79 Å². The van der Waals surface area contributed by atoms with Gasteiger partial charge in [0.2, 0.25) is 0 Å². The van der Waals surface area contributed by atoms with E-state index in [2.05, 4.69) is 15.6 Å². The Morgan fingerprint density at radius 3 is 2.44 bits per heavy atom. The molecule has 0 bridgehead atoms. The van der Waals surface area contributed by atoms with Gasteiger partial charge in [0.25, 0.3) is 0 Å². The van der Waals surface area contributed by atoms with Crippen molar-refractivity contribution in [2.75, 3.05) is 14.2 Å². The molecule has 0 aliphatic carbocycles. The summed E-state index contributed by atoms with van der Waals surface area (Å²) in [5.74, 6) is 1.96. The number of H-pyrrole nitrogens is 1. The number of hydrogen-bond acceptors (Lipinski definition) is 4. The molecule has 1 aromatic heterocycles. The van der Waals surface area contributed by atoms with Crippen molar-refractivity contribution < 1.29 is 14.3 Å². The summed E-state index contributed by atoms with van der Waals surface area (Å²) in [6, 6.07) is 22.3. The van der Waals surface area contributed by atoms with Crippen LogP contribution in [0.3, 0.4) is 0 Å². The molecule has 0 unspecified atom stereocenters. The lowest BCUT2D eigenvalue weighted by molar-refractivity contribution is 0.242. The van der Waals surface area contributed by atoms with E-state index in [4.69, 9.17) is 14.5 Å². The molecule has 3 N–H and O–H groups in total. The molecule has 0 spiro atoms. The molecule has 4 aromatic rings. The molecule has 3 aromatic carbocycles. The van der Waals surface area contributed by atoms with Crippen molar-refractivity contribution >= 4 is 28.3 Å². The van der Waals surface area contributed by atoms with E-state index in [-0.39, 0.29) is 6.03 Å². The van der Waals surface area contributed by atoms with Crippen LogP contribution in [0.25, 0.3) is 22.3 Å². The standard InChI is InChI=1S/C25H22N4O3/c1-31-16-12-13-20(32-2)17(14-16)23-21(24-26-18-10-6-7-11-19(18)27-24)22(28-25(30)29-23)15-8-4-3-5-9-15/h3-14,23H,1-2H3,(H,26,27)(H2,28,29,30)/t23-/m0/s1. The number of hydrogen-bond donors (Lipinski definition) is 3. The van der Waals surface area contributed by atoms with Gasteiger partial charge in [0.1, 0.15) is 17.3 Å². The second-order valence-electron chi connectivity index (χ2n) is 7.40. The normalized spacial score (nSPS) is 15.9. The highest BCUT2D eigenvalue weighted by molar-refractivity contribution is 6.03. The second-order valence-corrected chi connectivity index (χ2v) is 7.40. The fourth-order valence-electron chi connectivity index (χ4n) is 4.03. The first-order valence-corrected chi connectivity index (χ1v) is 10.2. The van der Waals surface area contributed by atoms with Crippen LogP contribution < -0.4 is 20.1 Å². The Morgan fingerprint density at radius 1 is 0.906 bits per heavy atom. The number of nitrogens with one attached hydrogen (secondary N) is 3. The van der Waals surface area contributed by atoms with E-state index in [1.807, 2.05) is 72.8 Å². The van der Waals surface area contributed by atoms with Gasteiger partial charge in [0.05, 0.1) is 37.0 Å². The van der Waals surface area contributed by atoms with E-state index in [9.17, 15) is 4.79 Å². The number of para-hydroxylation sites is 2. The van der Waals surface area contributed by atoms with E-state index >= 15 is 0 Å². The van der Waals surface area contributed by atoms with E-state index in [0.717, 1.165) is 27.7 Å². The van der Waals surface area contributed by atoms with Crippen LogP contribution >= 0.6 is 0 Å². The predicted molar refractivity (Wildman–Crippen MR) is 123 cm³/mol. The number of benzene rings is 3. The average Bonchev–Trinajstić information content (AvgIpc) is 3.27. The van der Waals surface area contributed by atoms with E-state index < -0.39 is 6.04 Å². The van der Waals surface area contributed by atoms with Crippen LogP contribution in [-0.4, -0.2) is 30.2 Å². The van der Waals surface area contributed by atoms with Crippen molar-refractivity contribution in [3.8, 4) is 11.5 Å². The summed E-state index contributed by atoms with van der Waals surface area (Å²) in [4.78, 5) is 21.0. The zero-order chi connectivity index (χ0) is 22.1. The Kier molecular flexibility index (Phi) is 4.99. The fraction of sp³-hybridized carbons (Fsp3) is 0.120. The highest BCUT2D eigenvalue weighted by atomic mass is 16.5. The molecule has 1 atom stereocenters. The molecule has 1 aliphatic heterocycles. The third-order valence-corrected chi connectivity index (χ3v) is 5.53. The Morgan fingerprint density at radius 2 is 1.69 bits per heavy atom. The Hall–Kier alpha value is -4.26. The number of carbonyl (C=O) groups excluding carboxylic acids is 1. The van der Waals surface area contributed by atoms with Gasteiger partial charge >= 0.3 is 6.03 Å². The highest BCUT2D eigenvalue weighted by Crippen LogP contribution is 2.41. The molecule has 0 saturated carbocycles. The molecule has 0 radical (unpaired) electrons. The van der Waals surface area contributed by atoms with Crippen LogP contribution in [0.2, 0.25) is 0 Å². The van der Waals surface area contributed by atoms with Crippen molar-refractivity contribution in [1.29, 1.82) is 0 Å². The van der Waals surface area contributed by atoms with Crippen LogP contribution in [0.5, 0.6) is 11.5 Å². The molecule has 7 nitrogen and oxygen atoms in total. The number of fused-ring (bicyclic) bond motifs is 1. The van der Waals surface area contributed by atoms with Crippen molar-refractivity contribution in [3.63, 3.8) is 0 Å². The summed E-state index contributed by atoms with van der Waals surface area (Å²) in [7, 11) is 3.22.